The number of aromatic nitrogens is 3. The number of furan rings is 1. The van der Waals surface area contributed by atoms with Crippen LogP contribution in [0.5, 0.6) is 0 Å². The Morgan fingerprint density at radius 2 is 1.60 bits per heavy atom. The molecule has 1 N–H and O–H groups in total. The smallest absolute Gasteiger partial charge is 0.249 e. The maximum Gasteiger partial charge on any atom is 0.249 e. The Labute approximate surface area is 201 Å². The number of anilines is 1. The topological polar surface area (TPSA) is 93.3 Å². The summed E-state index contributed by atoms with van der Waals surface area (Å²) in [5, 5.41) is 11.2. The number of rotatable bonds is 8. The van der Waals surface area contributed by atoms with Crippen molar-refractivity contribution in [1.82, 2.24) is 20.3 Å². The lowest BCUT2D eigenvalue weighted by atomic mass is 10.0. The van der Waals surface area contributed by atoms with Gasteiger partial charge in [0.25, 0.3) is 0 Å². The van der Waals surface area contributed by atoms with Crippen LogP contribution in [-0.2, 0) is 22.7 Å². The maximum absolute atomic E-state index is 13.8. The van der Waals surface area contributed by atoms with Gasteiger partial charge in [-0.15, -0.1) is 5.10 Å². The monoisotopic (exact) mass is 465 g/mol. The second-order valence-corrected chi connectivity index (χ2v) is 7.95. The molecule has 2 aromatic heterocycles. The fourth-order valence-corrected chi connectivity index (χ4v) is 4.00. The van der Waals surface area contributed by atoms with Gasteiger partial charge in [-0.2, -0.15) is 0 Å². The van der Waals surface area contributed by atoms with E-state index in [0.717, 1.165) is 5.52 Å². The number of para-hydroxylation sites is 2. The molecule has 0 radical (unpaired) electrons. The van der Waals surface area contributed by atoms with E-state index in [1.54, 1.807) is 23.1 Å². The van der Waals surface area contributed by atoms with Gasteiger partial charge >= 0.3 is 0 Å². The molecule has 0 unspecified atom stereocenters. The predicted octanol–water partition coefficient (Wildman–Crippen LogP) is 4.12. The first-order chi connectivity index (χ1) is 17.2. The summed E-state index contributed by atoms with van der Waals surface area (Å²) in [7, 11) is 0. The fourth-order valence-electron chi connectivity index (χ4n) is 4.00. The number of hydrogen-bond donors (Lipinski definition) is 1. The molecule has 2 heterocycles. The summed E-state index contributed by atoms with van der Waals surface area (Å²) in [6, 6.07) is 28.5. The lowest BCUT2D eigenvalue weighted by Crippen LogP contribution is -2.45. The van der Waals surface area contributed by atoms with Gasteiger partial charge in [0.05, 0.1) is 18.3 Å². The molecule has 5 rings (SSSR count). The van der Waals surface area contributed by atoms with Gasteiger partial charge in [-0.1, -0.05) is 65.9 Å². The summed E-state index contributed by atoms with van der Waals surface area (Å²) in [6.07, 6.45) is 1.55. The van der Waals surface area contributed by atoms with Gasteiger partial charge in [0.1, 0.15) is 23.9 Å². The van der Waals surface area contributed by atoms with Gasteiger partial charge in [-0.25, -0.2) is 4.68 Å². The average Bonchev–Trinajstić information content (AvgIpc) is 3.57. The molecule has 0 aliphatic carbocycles. The van der Waals surface area contributed by atoms with Crippen molar-refractivity contribution in [2.75, 3.05) is 4.90 Å². The van der Waals surface area contributed by atoms with Crippen LogP contribution in [0.2, 0.25) is 0 Å². The zero-order valence-electron chi connectivity index (χ0n) is 18.8. The summed E-state index contributed by atoms with van der Waals surface area (Å²) < 4.78 is 6.91. The molecule has 0 fully saturated rings. The van der Waals surface area contributed by atoms with E-state index in [1.807, 2.05) is 84.9 Å². The van der Waals surface area contributed by atoms with Crippen LogP contribution in [0.15, 0.2) is 108 Å². The molecule has 2 amide bonds. The number of carbonyl (C=O) groups excluding carboxylic acids is 2. The second kappa shape index (κ2) is 10.0. The zero-order valence-corrected chi connectivity index (χ0v) is 18.8. The first-order valence-electron chi connectivity index (χ1n) is 11.2. The molecule has 0 saturated heterocycles. The third kappa shape index (κ3) is 4.81. The Kier molecular flexibility index (Phi) is 6.34. The van der Waals surface area contributed by atoms with Crippen LogP contribution in [0.25, 0.3) is 11.0 Å². The minimum atomic E-state index is -0.907. The molecule has 174 valence electrons. The van der Waals surface area contributed by atoms with Crippen molar-refractivity contribution in [2.45, 2.75) is 19.1 Å². The van der Waals surface area contributed by atoms with Gasteiger partial charge < -0.3 is 9.73 Å². The van der Waals surface area contributed by atoms with Crippen LogP contribution in [0.1, 0.15) is 17.4 Å². The second-order valence-electron chi connectivity index (χ2n) is 7.95. The minimum absolute atomic E-state index is 0.0792. The van der Waals surface area contributed by atoms with Crippen LogP contribution < -0.4 is 10.2 Å². The van der Waals surface area contributed by atoms with Crippen molar-refractivity contribution in [3.63, 3.8) is 0 Å². The summed E-state index contributed by atoms with van der Waals surface area (Å²) >= 11 is 0. The molecule has 5 aromatic rings. The van der Waals surface area contributed by atoms with Gasteiger partial charge in [-0.3, -0.25) is 14.5 Å². The van der Waals surface area contributed by atoms with Gasteiger partial charge in [0, 0.05) is 5.69 Å². The van der Waals surface area contributed by atoms with E-state index in [-0.39, 0.29) is 24.9 Å². The lowest BCUT2D eigenvalue weighted by molar-refractivity contribution is -0.127. The number of benzene rings is 3. The van der Waals surface area contributed by atoms with Crippen LogP contribution in [0.3, 0.4) is 0 Å². The molecular weight excluding hydrogens is 442 g/mol. The Morgan fingerprint density at radius 1 is 0.886 bits per heavy atom. The first kappa shape index (κ1) is 22.1. The summed E-state index contributed by atoms with van der Waals surface area (Å²) in [5.74, 6) is -0.000981. The van der Waals surface area contributed by atoms with E-state index < -0.39 is 6.04 Å². The molecule has 8 heteroatoms. The largest absolute Gasteiger partial charge is 0.467 e. The highest BCUT2D eigenvalue weighted by atomic mass is 16.3. The van der Waals surface area contributed by atoms with Gasteiger partial charge in [-0.05, 0) is 42.0 Å². The maximum atomic E-state index is 13.8. The van der Waals surface area contributed by atoms with Crippen molar-refractivity contribution in [2.24, 2.45) is 0 Å². The number of hydrogen-bond acceptors (Lipinski definition) is 5. The van der Waals surface area contributed by atoms with Crippen molar-refractivity contribution >= 4 is 28.5 Å². The summed E-state index contributed by atoms with van der Waals surface area (Å²) in [5.41, 5.74) is 2.73. The van der Waals surface area contributed by atoms with Crippen molar-refractivity contribution < 1.29 is 14.0 Å². The normalized spacial score (nSPS) is 11.8. The standard InChI is InChI=1S/C27H23N5O3/c33-25(19-31-24-16-8-7-15-23(24)29-30-31)32(21-12-5-2-6-13-21)26(20-10-3-1-4-11-20)27(34)28-18-22-14-9-17-35-22/h1-17,26H,18-19H2,(H,28,34)/t26-/m0/s1. The van der Waals surface area contributed by atoms with E-state index >= 15 is 0 Å². The number of nitrogens with zero attached hydrogens (tertiary/aromatic N) is 4. The molecule has 35 heavy (non-hydrogen) atoms. The molecule has 0 bridgehead atoms. The van der Waals surface area contributed by atoms with Gasteiger partial charge in [0.15, 0.2) is 0 Å². The zero-order chi connectivity index (χ0) is 24.0. The highest BCUT2D eigenvalue weighted by molar-refractivity contribution is 6.01. The van der Waals surface area contributed by atoms with Crippen LogP contribution in [0, 0.1) is 0 Å². The Balaban J connectivity index is 1.52. The number of fused-ring (bicyclic) bond motifs is 1. The third-order valence-electron chi connectivity index (χ3n) is 5.65. The Morgan fingerprint density at radius 3 is 2.34 bits per heavy atom. The van der Waals surface area contributed by atoms with E-state index in [9.17, 15) is 9.59 Å². The predicted molar refractivity (Wildman–Crippen MR) is 131 cm³/mol. The van der Waals surface area contributed by atoms with Crippen molar-refractivity contribution in [3.8, 4) is 0 Å². The minimum Gasteiger partial charge on any atom is -0.467 e. The molecule has 0 saturated carbocycles. The Bertz CT molecular complexity index is 1420. The van der Waals surface area contributed by atoms with E-state index in [1.165, 1.54) is 4.90 Å². The van der Waals surface area contributed by atoms with E-state index in [0.29, 0.717) is 22.5 Å². The molecule has 0 spiro atoms. The molecule has 8 nitrogen and oxygen atoms in total. The molecule has 1 atom stereocenters. The van der Waals surface area contributed by atoms with Crippen LogP contribution >= 0.6 is 0 Å². The van der Waals surface area contributed by atoms with E-state index in [4.69, 9.17) is 4.42 Å². The van der Waals surface area contributed by atoms with E-state index in [2.05, 4.69) is 15.6 Å². The average molecular weight is 466 g/mol. The van der Waals surface area contributed by atoms with Crippen LogP contribution in [0.4, 0.5) is 5.69 Å². The molecular formula is C27H23N5O3. The number of carbonyl (C=O) groups is 2. The summed E-state index contributed by atoms with van der Waals surface area (Å²) in [4.78, 5) is 29.0. The number of nitrogens with one attached hydrogen (secondary N) is 1. The Hall–Kier alpha value is -4.72. The molecule has 0 aliphatic heterocycles. The summed E-state index contributed by atoms with van der Waals surface area (Å²) in [6.45, 7) is 0.129. The van der Waals surface area contributed by atoms with Gasteiger partial charge in [0.2, 0.25) is 11.8 Å². The van der Waals surface area contributed by atoms with Crippen molar-refractivity contribution in [1.29, 1.82) is 0 Å². The third-order valence-corrected chi connectivity index (χ3v) is 5.65. The SMILES string of the molecule is O=C(NCc1ccco1)[C@H](c1ccccc1)N(C(=O)Cn1nnc2ccccc21)c1ccccc1. The first-order valence-corrected chi connectivity index (χ1v) is 11.2. The van der Waals surface area contributed by atoms with Crippen LogP contribution in [-0.4, -0.2) is 26.8 Å². The lowest BCUT2D eigenvalue weighted by Gasteiger charge is -2.31. The number of amides is 2. The van der Waals surface area contributed by atoms with Crippen molar-refractivity contribution in [3.05, 3.63) is 115 Å². The highest BCUT2D eigenvalue weighted by Crippen LogP contribution is 2.28. The highest BCUT2D eigenvalue weighted by Gasteiger charge is 2.33. The quantitative estimate of drug-likeness (QED) is 0.372. The fraction of sp³-hybridized carbons (Fsp3) is 0.111. The molecule has 0 aliphatic rings. The molecule has 3 aromatic carbocycles.